The molecule has 2 aromatic carbocycles. The van der Waals surface area contributed by atoms with E-state index in [2.05, 4.69) is 5.32 Å². The van der Waals surface area contributed by atoms with Crippen LogP contribution in [0.2, 0.25) is 0 Å². The van der Waals surface area contributed by atoms with Crippen molar-refractivity contribution in [2.24, 2.45) is 0 Å². The molecule has 28 heavy (non-hydrogen) atoms. The first-order chi connectivity index (χ1) is 13.5. The Morgan fingerprint density at radius 3 is 2.46 bits per heavy atom. The van der Waals surface area contributed by atoms with Crippen molar-refractivity contribution in [2.45, 2.75) is 0 Å². The number of hydrogen-bond donors (Lipinski definition) is 1. The summed E-state index contributed by atoms with van der Waals surface area (Å²) in [4.78, 5) is 36.4. The Hall–Kier alpha value is -3.81. The summed E-state index contributed by atoms with van der Waals surface area (Å²) in [6.07, 6.45) is 1.33. The molecule has 0 bridgehead atoms. The number of amides is 1. The molecular formula is C20H13F2NO5. The van der Waals surface area contributed by atoms with E-state index >= 15 is 0 Å². The molecule has 0 unspecified atom stereocenters. The van der Waals surface area contributed by atoms with Gasteiger partial charge in [0, 0.05) is 5.56 Å². The molecular weight excluding hydrogens is 372 g/mol. The second-order valence-corrected chi connectivity index (χ2v) is 5.61. The van der Waals surface area contributed by atoms with E-state index in [-0.39, 0.29) is 22.6 Å². The van der Waals surface area contributed by atoms with Crippen LogP contribution in [0.1, 0.15) is 31.3 Å². The Bertz CT molecular complexity index is 1030. The van der Waals surface area contributed by atoms with Crippen LogP contribution in [0.25, 0.3) is 0 Å². The fourth-order valence-corrected chi connectivity index (χ4v) is 2.32. The Morgan fingerprint density at radius 1 is 0.964 bits per heavy atom. The minimum absolute atomic E-state index is 0.0143. The van der Waals surface area contributed by atoms with Crippen LogP contribution in [0, 0.1) is 11.6 Å². The normalized spacial score (nSPS) is 10.4. The van der Waals surface area contributed by atoms with Gasteiger partial charge in [0.2, 0.25) is 0 Å². The highest BCUT2D eigenvalue weighted by molar-refractivity contribution is 6.07. The van der Waals surface area contributed by atoms with Crippen molar-refractivity contribution in [3.05, 3.63) is 89.4 Å². The average molecular weight is 385 g/mol. The maximum absolute atomic E-state index is 13.2. The van der Waals surface area contributed by atoms with E-state index in [1.165, 1.54) is 24.5 Å². The number of Topliss-reactive ketones (excluding diaryl/α,β-unsaturated/α-hetero) is 1. The topological polar surface area (TPSA) is 85.6 Å². The van der Waals surface area contributed by atoms with E-state index in [0.717, 1.165) is 18.2 Å². The molecule has 3 aromatic rings. The number of benzene rings is 2. The van der Waals surface area contributed by atoms with Gasteiger partial charge in [-0.05, 0) is 42.5 Å². The van der Waals surface area contributed by atoms with Crippen LogP contribution in [0.4, 0.5) is 14.5 Å². The number of nitrogens with one attached hydrogen (secondary N) is 1. The molecule has 0 fully saturated rings. The molecule has 0 saturated heterocycles. The largest absolute Gasteiger partial charge is 0.459 e. The van der Waals surface area contributed by atoms with Crippen LogP contribution in [0.5, 0.6) is 0 Å². The quantitative estimate of drug-likeness (QED) is 0.515. The van der Waals surface area contributed by atoms with Crippen molar-refractivity contribution in [3.8, 4) is 0 Å². The molecule has 0 aliphatic heterocycles. The maximum atomic E-state index is 13.2. The number of ether oxygens (including phenoxy) is 1. The zero-order chi connectivity index (χ0) is 20.1. The number of hydrogen-bond acceptors (Lipinski definition) is 5. The summed E-state index contributed by atoms with van der Waals surface area (Å²) in [6, 6.07) is 11.7. The lowest BCUT2D eigenvalue weighted by molar-refractivity contribution is 0.0475. The number of para-hydroxylation sites is 1. The Balaban J connectivity index is 1.68. The summed E-state index contributed by atoms with van der Waals surface area (Å²) in [7, 11) is 0. The van der Waals surface area contributed by atoms with Gasteiger partial charge in [0.25, 0.3) is 5.91 Å². The van der Waals surface area contributed by atoms with Crippen LogP contribution >= 0.6 is 0 Å². The standard InChI is InChI=1S/C20H13F2NO5/c21-14-8-7-12(10-15(14)22)17(24)11-28-20(26)13-4-1-2-5-16(13)23-19(25)18-6-3-9-27-18/h1-10H,11H2,(H,23,25). The predicted molar refractivity (Wildman–Crippen MR) is 94.1 cm³/mol. The molecule has 1 heterocycles. The van der Waals surface area contributed by atoms with E-state index in [1.807, 2.05) is 0 Å². The molecule has 0 radical (unpaired) electrons. The zero-order valence-electron chi connectivity index (χ0n) is 14.3. The molecule has 1 N–H and O–H groups in total. The monoisotopic (exact) mass is 385 g/mol. The number of carbonyl (C=O) groups is 3. The van der Waals surface area contributed by atoms with Gasteiger partial charge in [-0.2, -0.15) is 0 Å². The van der Waals surface area contributed by atoms with Crippen molar-refractivity contribution in [1.82, 2.24) is 0 Å². The lowest BCUT2D eigenvalue weighted by Gasteiger charge is -2.10. The summed E-state index contributed by atoms with van der Waals surface area (Å²) in [5, 5.41) is 2.52. The molecule has 0 aliphatic carbocycles. The molecule has 1 amide bonds. The van der Waals surface area contributed by atoms with Gasteiger partial charge in [-0.3, -0.25) is 9.59 Å². The number of carbonyl (C=O) groups excluding carboxylic acids is 3. The number of anilines is 1. The Kier molecular flexibility index (Phi) is 5.59. The average Bonchev–Trinajstić information content (AvgIpc) is 3.23. The van der Waals surface area contributed by atoms with Gasteiger partial charge in [0.05, 0.1) is 17.5 Å². The maximum Gasteiger partial charge on any atom is 0.340 e. The molecule has 1 aromatic heterocycles. The number of rotatable bonds is 6. The van der Waals surface area contributed by atoms with Crippen molar-refractivity contribution >= 4 is 23.3 Å². The van der Waals surface area contributed by atoms with Crippen molar-refractivity contribution in [3.63, 3.8) is 0 Å². The Morgan fingerprint density at radius 2 is 1.75 bits per heavy atom. The zero-order valence-corrected chi connectivity index (χ0v) is 14.3. The van der Waals surface area contributed by atoms with Gasteiger partial charge in [0.15, 0.2) is 29.8 Å². The predicted octanol–water partition coefficient (Wildman–Crippen LogP) is 3.85. The second kappa shape index (κ2) is 8.26. The summed E-state index contributed by atoms with van der Waals surface area (Å²) in [5.41, 5.74) is 0.0424. The van der Waals surface area contributed by atoms with E-state index in [9.17, 15) is 23.2 Å². The van der Waals surface area contributed by atoms with Crippen molar-refractivity contribution in [1.29, 1.82) is 0 Å². The van der Waals surface area contributed by atoms with Gasteiger partial charge in [-0.1, -0.05) is 12.1 Å². The first-order valence-electron chi connectivity index (χ1n) is 8.05. The molecule has 0 saturated carbocycles. The molecule has 0 aliphatic rings. The summed E-state index contributed by atoms with van der Waals surface area (Å²) >= 11 is 0. The van der Waals surface area contributed by atoms with Crippen LogP contribution in [-0.4, -0.2) is 24.3 Å². The number of furan rings is 1. The third kappa shape index (κ3) is 4.29. The third-order valence-electron chi connectivity index (χ3n) is 3.72. The van der Waals surface area contributed by atoms with Gasteiger partial charge in [-0.15, -0.1) is 0 Å². The smallest absolute Gasteiger partial charge is 0.340 e. The van der Waals surface area contributed by atoms with Gasteiger partial charge in [0.1, 0.15) is 0 Å². The highest BCUT2D eigenvalue weighted by Gasteiger charge is 2.18. The van der Waals surface area contributed by atoms with Crippen LogP contribution in [0.15, 0.2) is 65.3 Å². The minimum Gasteiger partial charge on any atom is -0.459 e. The van der Waals surface area contributed by atoms with Crippen LogP contribution in [0.3, 0.4) is 0 Å². The number of halogens is 2. The highest BCUT2D eigenvalue weighted by atomic mass is 19.2. The summed E-state index contributed by atoms with van der Waals surface area (Å²) in [6.45, 7) is -0.676. The lowest BCUT2D eigenvalue weighted by Crippen LogP contribution is -2.18. The minimum atomic E-state index is -1.18. The third-order valence-corrected chi connectivity index (χ3v) is 3.72. The molecule has 0 atom stereocenters. The van der Waals surface area contributed by atoms with Gasteiger partial charge >= 0.3 is 5.97 Å². The SMILES string of the molecule is O=C(COC(=O)c1ccccc1NC(=O)c1ccco1)c1ccc(F)c(F)c1. The highest BCUT2D eigenvalue weighted by Crippen LogP contribution is 2.18. The van der Waals surface area contributed by atoms with Crippen molar-refractivity contribution in [2.75, 3.05) is 11.9 Å². The number of ketones is 1. The molecule has 0 spiro atoms. The molecule has 142 valence electrons. The van der Waals surface area contributed by atoms with E-state index < -0.39 is 35.9 Å². The van der Waals surface area contributed by atoms with E-state index in [4.69, 9.17) is 9.15 Å². The fourth-order valence-electron chi connectivity index (χ4n) is 2.32. The van der Waals surface area contributed by atoms with Gasteiger partial charge in [-0.25, -0.2) is 13.6 Å². The molecule has 6 nitrogen and oxygen atoms in total. The fraction of sp³-hybridized carbons (Fsp3) is 0.0500. The van der Waals surface area contributed by atoms with E-state index in [1.54, 1.807) is 18.2 Å². The second-order valence-electron chi connectivity index (χ2n) is 5.61. The lowest BCUT2D eigenvalue weighted by atomic mass is 10.1. The van der Waals surface area contributed by atoms with Crippen LogP contribution < -0.4 is 5.32 Å². The first kappa shape index (κ1) is 19.0. The molecule has 8 heteroatoms. The van der Waals surface area contributed by atoms with Crippen LogP contribution in [-0.2, 0) is 4.74 Å². The number of esters is 1. The summed E-state index contributed by atoms with van der Waals surface area (Å²) < 4.78 is 36.1. The Labute approximate surface area is 157 Å². The van der Waals surface area contributed by atoms with E-state index in [0.29, 0.717) is 0 Å². The van der Waals surface area contributed by atoms with Crippen molar-refractivity contribution < 1.29 is 32.3 Å². The summed E-state index contributed by atoms with van der Waals surface area (Å²) in [5.74, 6) is -4.35. The molecule has 3 rings (SSSR count). The first-order valence-corrected chi connectivity index (χ1v) is 8.05. The van der Waals surface area contributed by atoms with Gasteiger partial charge < -0.3 is 14.5 Å².